The fraction of sp³-hybridized carbons (Fsp3) is 0.455. The fourth-order valence-corrected chi connectivity index (χ4v) is 1.57. The highest BCUT2D eigenvalue weighted by Crippen LogP contribution is 2.06. The summed E-state index contributed by atoms with van der Waals surface area (Å²) in [4.78, 5) is 0. The van der Waals surface area contributed by atoms with E-state index in [2.05, 4.69) is 23.5 Å². The summed E-state index contributed by atoms with van der Waals surface area (Å²) in [6, 6.07) is 11.1. The van der Waals surface area contributed by atoms with Crippen LogP contribution in [0, 0.1) is 6.07 Å². The number of morpholine rings is 1. The fourth-order valence-electron chi connectivity index (χ4n) is 1.57. The van der Waals surface area contributed by atoms with E-state index >= 15 is 0 Å². The molecule has 1 aliphatic heterocycles. The summed E-state index contributed by atoms with van der Waals surface area (Å²) in [5, 5.41) is 3.32. The van der Waals surface area contributed by atoms with Crippen molar-refractivity contribution in [2.75, 3.05) is 19.7 Å². The minimum atomic E-state index is 0.344. The summed E-state index contributed by atoms with van der Waals surface area (Å²) in [5.41, 5.74) is 1.33. The molecular formula is C11H14NO. The van der Waals surface area contributed by atoms with Gasteiger partial charge in [0.25, 0.3) is 0 Å². The van der Waals surface area contributed by atoms with Gasteiger partial charge in [0, 0.05) is 13.1 Å². The monoisotopic (exact) mass is 176 g/mol. The molecule has 1 aromatic rings. The second kappa shape index (κ2) is 4.40. The van der Waals surface area contributed by atoms with Crippen LogP contribution in [0.3, 0.4) is 0 Å². The summed E-state index contributed by atoms with van der Waals surface area (Å²) in [6.45, 7) is 2.79. The van der Waals surface area contributed by atoms with E-state index in [9.17, 15) is 0 Å². The third-order valence-electron chi connectivity index (χ3n) is 2.26. The average Bonchev–Trinajstić information content (AvgIpc) is 2.21. The van der Waals surface area contributed by atoms with Gasteiger partial charge in [0.2, 0.25) is 0 Å². The molecule has 1 atom stereocenters. The van der Waals surface area contributed by atoms with Crippen molar-refractivity contribution in [3.8, 4) is 0 Å². The van der Waals surface area contributed by atoms with Crippen LogP contribution in [-0.2, 0) is 11.2 Å². The van der Waals surface area contributed by atoms with Crippen LogP contribution in [0.1, 0.15) is 5.56 Å². The lowest BCUT2D eigenvalue weighted by atomic mass is 10.1. The molecule has 1 saturated heterocycles. The first-order valence-electron chi connectivity index (χ1n) is 4.72. The lowest BCUT2D eigenvalue weighted by Crippen LogP contribution is -2.39. The lowest BCUT2D eigenvalue weighted by molar-refractivity contribution is 0.0292. The maximum Gasteiger partial charge on any atom is 0.0740 e. The molecule has 69 valence electrons. The van der Waals surface area contributed by atoms with Gasteiger partial charge >= 0.3 is 0 Å². The molecule has 1 aromatic carbocycles. The zero-order valence-corrected chi connectivity index (χ0v) is 7.62. The van der Waals surface area contributed by atoms with E-state index in [1.807, 2.05) is 12.1 Å². The van der Waals surface area contributed by atoms with Crippen molar-refractivity contribution in [1.82, 2.24) is 5.32 Å². The SMILES string of the molecule is [c]1ccc(CC2CNCCO2)cc1. The van der Waals surface area contributed by atoms with Crippen molar-refractivity contribution in [3.05, 3.63) is 35.9 Å². The van der Waals surface area contributed by atoms with Crippen molar-refractivity contribution < 1.29 is 4.74 Å². The molecule has 1 heterocycles. The van der Waals surface area contributed by atoms with Gasteiger partial charge in [-0.3, -0.25) is 0 Å². The van der Waals surface area contributed by atoms with Gasteiger partial charge in [-0.15, -0.1) is 0 Å². The third-order valence-corrected chi connectivity index (χ3v) is 2.26. The molecule has 1 radical (unpaired) electrons. The quantitative estimate of drug-likeness (QED) is 0.726. The van der Waals surface area contributed by atoms with Gasteiger partial charge in [0.15, 0.2) is 0 Å². The third kappa shape index (κ3) is 2.54. The molecule has 0 saturated carbocycles. The van der Waals surface area contributed by atoms with Gasteiger partial charge in [-0.25, -0.2) is 0 Å². The molecule has 13 heavy (non-hydrogen) atoms. The number of benzene rings is 1. The maximum absolute atomic E-state index is 5.61. The van der Waals surface area contributed by atoms with E-state index in [1.165, 1.54) is 5.56 Å². The first kappa shape index (κ1) is 8.73. The Morgan fingerprint density at radius 2 is 2.31 bits per heavy atom. The highest BCUT2D eigenvalue weighted by Gasteiger charge is 2.12. The Labute approximate surface area is 78.9 Å². The molecule has 0 bridgehead atoms. The van der Waals surface area contributed by atoms with E-state index < -0.39 is 0 Å². The van der Waals surface area contributed by atoms with E-state index in [1.54, 1.807) is 0 Å². The Kier molecular flexibility index (Phi) is 2.95. The Hall–Kier alpha value is -0.860. The Morgan fingerprint density at radius 1 is 1.46 bits per heavy atom. The summed E-state index contributed by atoms with van der Waals surface area (Å²) in [6.07, 6.45) is 1.35. The second-order valence-corrected chi connectivity index (χ2v) is 3.31. The summed E-state index contributed by atoms with van der Waals surface area (Å²) in [7, 11) is 0. The summed E-state index contributed by atoms with van der Waals surface area (Å²) < 4.78 is 5.61. The number of hydrogen-bond donors (Lipinski definition) is 1. The van der Waals surface area contributed by atoms with Gasteiger partial charge in [0.1, 0.15) is 0 Å². The highest BCUT2D eigenvalue weighted by atomic mass is 16.5. The van der Waals surface area contributed by atoms with Crippen LogP contribution >= 0.6 is 0 Å². The lowest BCUT2D eigenvalue weighted by Gasteiger charge is -2.23. The molecule has 0 amide bonds. The van der Waals surface area contributed by atoms with Gasteiger partial charge in [-0.1, -0.05) is 24.3 Å². The largest absolute Gasteiger partial charge is 0.375 e. The molecule has 1 aliphatic rings. The summed E-state index contributed by atoms with van der Waals surface area (Å²) >= 11 is 0. The zero-order chi connectivity index (χ0) is 8.93. The van der Waals surface area contributed by atoms with Crippen LogP contribution in [0.2, 0.25) is 0 Å². The van der Waals surface area contributed by atoms with Crippen LogP contribution in [0.25, 0.3) is 0 Å². The predicted molar refractivity (Wildman–Crippen MR) is 51.6 cm³/mol. The minimum absolute atomic E-state index is 0.344. The minimum Gasteiger partial charge on any atom is -0.375 e. The van der Waals surface area contributed by atoms with Crippen molar-refractivity contribution in [1.29, 1.82) is 0 Å². The molecule has 2 nitrogen and oxygen atoms in total. The number of hydrogen-bond acceptors (Lipinski definition) is 2. The molecule has 2 heteroatoms. The van der Waals surface area contributed by atoms with Gasteiger partial charge in [0.05, 0.1) is 12.7 Å². The number of ether oxygens (including phenoxy) is 1. The van der Waals surface area contributed by atoms with Crippen LogP contribution in [-0.4, -0.2) is 25.8 Å². The van der Waals surface area contributed by atoms with Crippen LogP contribution < -0.4 is 5.32 Å². The molecule has 1 fully saturated rings. The van der Waals surface area contributed by atoms with Crippen molar-refractivity contribution in [2.45, 2.75) is 12.5 Å². The Bertz CT molecular complexity index is 242. The van der Waals surface area contributed by atoms with Crippen molar-refractivity contribution in [2.24, 2.45) is 0 Å². The van der Waals surface area contributed by atoms with Crippen LogP contribution in [0.5, 0.6) is 0 Å². The van der Waals surface area contributed by atoms with Gasteiger partial charge < -0.3 is 10.1 Å². The first-order valence-corrected chi connectivity index (χ1v) is 4.72. The second-order valence-electron chi connectivity index (χ2n) is 3.31. The van der Waals surface area contributed by atoms with E-state index in [0.29, 0.717) is 6.10 Å². The topological polar surface area (TPSA) is 21.3 Å². The predicted octanol–water partition coefficient (Wildman–Crippen LogP) is 1.02. The zero-order valence-electron chi connectivity index (χ0n) is 7.62. The first-order chi connectivity index (χ1) is 6.45. The molecular weight excluding hydrogens is 162 g/mol. The molecule has 1 N–H and O–H groups in total. The smallest absolute Gasteiger partial charge is 0.0740 e. The molecule has 0 spiro atoms. The number of nitrogens with one attached hydrogen (secondary N) is 1. The van der Waals surface area contributed by atoms with Crippen molar-refractivity contribution >= 4 is 0 Å². The molecule has 0 aliphatic carbocycles. The van der Waals surface area contributed by atoms with Crippen LogP contribution in [0.4, 0.5) is 0 Å². The number of rotatable bonds is 2. The summed E-state index contributed by atoms with van der Waals surface area (Å²) in [5.74, 6) is 0. The Balaban J connectivity index is 1.90. The average molecular weight is 176 g/mol. The normalized spacial score (nSPS) is 22.9. The molecule has 1 unspecified atom stereocenters. The van der Waals surface area contributed by atoms with E-state index in [-0.39, 0.29) is 0 Å². The van der Waals surface area contributed by atoms with Gasteiger partial charge in [-0.05, 0) is 18.1 Å². The molecule has 2 rings (SSSR count). The highest BCUT2D eigenvalue weighted by molar-refractivity contribution is 5.14. The van der Waals surface area contributed by atoms with Crippen LogP contribution in [0.15, 0.2) is 24.3 Å². The maximum atomic E-state index is 5.61. The molecule has 0 aromatic heterocycles. The standard InChI is InChI=1S/C11H14NO/c1-2-4-10(5-3-1)8-11-9-12-6-7-13-11/h2-5,11-12H,6-9H2. The van der Waals surface area contributed by atoms with Crippen molar-refractivity contribution in [3.63, 3.8) is 0 Å². The van der Waals surface area contributed by atoms with Gasteiger partial charge in [-0.2, -0.15) is 0 Å². The van der Waals surface area contributed by atoms with E-state index in [4.69, 9.17) is 4.74 Å². The van der Waals surface area contributed by atoms with E-state index in [0.717, 1.165) is 26.1 Å². The Morgan fingerprint density at radius 3 is 3.00 bits per heavy atom.